The second-order valence-corrected chi connectivity index (χ2v) is 8.45. The minimum absolute atomic E-state index is 0.00974. The number of carbonyl (C=O) groups excluding carboxylic acids is 1. The van der Waals surface area contributed by atoms with E-state index in [4.69, 9.17) is 22.1 Å². The average molecular weight is 485 g/mol. The summed E-state index contributed by atoms with van der Waals surface area (Å²) < 4.78 is 45.0. The van der Waals surface area contributed by atoms with Crippen LogP contribution >= 0.6 is 11.6 Å². The highest BCUT2D eigenvalue weighted by Gasteiger charge is 2.33. The Balaban J connectivity index is 1.55. The van der Waals surface area contributed by atoms with Crippen LogP contribution in [0.3, 0.4) is 0 Å². The first-order valence-electron chi connectivity index (χ1n) is 10.5. The van der Waals surface area contributed by atoms with E-state index < -0.39 is 17.8 Å². The van der Waals surface area contributed by atoms with Crippen molar-refractivity contribution in [3.8, 4) is 0 Å². The summed E-state index contributed by atoms with van der Waals surface area (Å²) in [6.45, 7) is 4.47. The zero-order chi connectivity index (χ0) is 23.8. The summed E-state index contributed by atoms with van der Waals surface area (Å²) in [5.41, 5.74) is 6.53. The molecule has 2 aliphatic rings. The van der Waals surface area contributed by atoms with E-state index >= 15 is 0 Å². The number of halogens is 4. The summed E-state index contributed by atoms with van der Waals surface area (Å²) >= 11 is 6.10. The van der Waals surface area contributed by atoms with E-state index in [1.54, 1.807) is 16.7 Å². The van der Waals surface area contributed by atoms with Crippen LogP contribution in [0.1, 0.15) is 41.8 Å². The number of carbonyl (C=O) groups is 1. The van der Waals surface area contributed by atoms with Gasteiger partial charge in [0.2, 0.25) is 5.28 Å². The first-order chi connectivity index (χ1) is 15.6. The molecule has 8 nitrogen and oxygen atoms in total. The van der Waals surface area contributed by atoms with Gasteiger partial charge in [0, 0.05) is 30.9 Å². The number of fused-ring (bicyclic) bond motifs is 1. The number of amides is 2. The zero-order valence-electron chi connectivity index (χ0n) is 18.0. The van der Waals surface area contributed by atoms with E-state index in [-0.39, 0.29) is 30.1 Å². The molecule has 2 aromatic rings. The minimum atomic E-state index is -4.51. The number of nitrogen functional groups attached to an aromatic ring is 1. The Kier molecular flexibility index (Phi) is 6.53. The van der Waals surface area contributed by atoms with Crippen molar-refractivity contribution in [1.29, 1.82) is 0 Å². The first-order valence-corrected chi connectivity index (χ1v) is 10.9. The van der Waals surface area contributed by atoms with Crippen molar-refractivity contribution in [2.75, 3.05) is 37.4 Å². The summed E-state index contributed by atoms with van der Waals surface area (Å²) in [5, 5.41) is 3.11. The number of ether oxygens (including phenoxy) is 1. The monoisotopic (exact) mass is 484 g/mol. The predicted molar refractivity (Wildman–Crippen MR) is 117 cm³/mol. The molecule has 3 N–H and O–H groups in total. The van der Waals surface area contributed by atoms with Crippen LogP contribution in [0.5, 0.6) is 0 Å². The number of hydrogen-bond donors (Lipinski definition) is 2. The van der Waals surface area contributed by atoms with Crippen LogP contribution in [0.4, 0.5) is 29.5 Å². The van der Waals surface area contributed by atoms with Crippen molar-refractivity contribution in [2.24, 2.45) is 0 Å². The Labute approximate surface area is 193 Å². The fourth-order valence-corrected chi connectivity index (χ4v) is 4.18. The molecule has 2 amide bonds. The molecular weight excluding hydrogens is 461 g/mol. The normalized spacial score (nSPS) is 17.5. The second kappa shape index (κ2) is 9.22. The van der Waals surface area contributed by atoms with Gasteiger partial charge in [-0.15, -0.1) is 0 Å². The Bertz CT molecular complexity index is 1040. The number of alkyl halides is 3. The van der Waals surface area contributed by atoms with Gasteiger partial charge in [-0.05, 0) is 48.7 Å². The van der Waals surface area contributed by atoms with E-state index in [9.17, 15) is 18.0 Å². The van der Waals surface area contributed by atoms with Crippen molar-refractivity contribution < 1.29 is 22.7 Å². The molecule has 0 unspecified atom stereocenters. The summed E-state index contributed by atoms with van der Waals surface area (Å²) in [4.78, 5) is 24.9. The highest BCUT2D eigenvalue weighted by molar-refractivity contribution is 6.28. The van der Waals surface area contributed by atoms with Gasteiger partial charge < -0.3 is 25.6 Å². The Morgan fingerprint density at radius 2 is 1.97 bits per heavy atom. The smallest absolute Gasteiger partial charge is 0.399 e. The molecule has 0 radical (unpaired) electrons. The molecular formula is C21H24ClF3N6O2. The number of aromatic nitrogens is 2. The topological polar surface area (TPSA) is 96.6 Å². The Hall–Kier alpha value is -2.79. The summed E-state index contributed by atoms with van der Waals surface area (Å²) in [6.07, 6.45) is -3.74. The van der Waals surface area contributed by atoms with Gasteiger partial charge in [0.1, 0.15) is 5.82 Å². The third-order valence-electron chi connectivity index (χ3n) is 5.68. The maximum Gasteiger partial charge on any atom is 0.416 e. The molecule has 0 aliphatic carbocycles. The molecule has 33 heavy (non-hydrogen) atoms. The van der Waals surface area contributed by atoms with E-state index in [0.717, 1.165) is 18.6 Å². The maximum atomic E-state index is 13.2. The fourth-order valence-electron chi connectivity index (χ4n) is 4.00. The van der Waals surface area contributed by atoms with Gasteiger partial charge in [-0.3, -0.25) is 0 Å². The van der Waals surface area contributed by atoms with Gasteiger partial charge in [0.05, 0.1) is 37.0 Å². The van der Waals surface area contributed by atoms with Gasteiger partial charge in [-0.1, -0.05) is 0 Å². The van der Waals surface area contributed by atoms with Crippen molar-refractivity contribution >= 4 is 29.1 Å². The Morgan fingerprint density at radius 3 is 2.73 bits per heavy atom. The molecule has 2 aliphatic heterocycles. The highest BCUT2D eigenvalue weighted by atomic mass is 35.5. The van der Waals surface area contributed by atoms with Crippen LogP contribution in [0.15, 0.2) is 18.2 Å². The van der Waals surface area contributed by atoms with E-state index in [1.165, 1.54) is 6.07 Å². The number of hydrogen-bond acceptors (Lipinski definition) is 6. The van der Waals surface area contributed by atoms with E-state index in [1.807, 2.05) is 0 Å². The zero-order valence-corrected chi connectivity index (χ0v) is 18.7. The van der Waals surface area contributed by atoms with Crippen LogP contribution < -0.4 is 11.1 Å². The second-order valence-electron chi connectivity index (χ2n) is 8.11. The average Bonchev–Trinajstić information content (AvgIpc) is 2.98. The molecule has 1 aromatic heterocycles. The number of nitrogens with zero attached hydrogens (tertiary/aromatic N) is 4. The van der Waals surface area contributed by atoms with Gasteiger partial charge in [0.15, 0.2) is 0 Å². The minimum Gasteiger partial charge on any atom is -0.399 e. The van der Waals surface area contributed by atoms with E-state index in [2.05, 4.69) is 15.3 Å². The van der Waals surface area contributed by atoms with Crippen LogP contribution in [-0.4, -0.2) is 52.1 Å². The van der Waals surface area contributed by atoms with E-state index in [0.29, 0.717) is 48.9 Å². The van der Waals surface area contributed by atoms with Crippen molar-refractivity contribution in [2.45, 2.75) is 38.7 Å². The highest BCUT2D eigenvalue weighted by Crippen LogP contribution is 2.35. The molecule has 3 heterocycles. The maximum absolute atomic E-state index is 13.2. The van der Waals surface area contributed by atoms with Crippen LogP contribution in [0.25, 0.3) is 0 Å². The number of urea groups is 1. The van der Waals surface area contributed by atoms with Crippen LogP contribution in [0, 0.1) is 0 Å². The van der Waals surface area contributed by atoms with Gasteiger partial charge >= 0.3 is 12.2 Å². The molecule has 12 heteroatoms. The molecule has 178 valence electrons. The quantitative estimate of drug-likeness (QED) is 0.503. The third kappa shape index (κ3) is 5.25. The largest absolute Gasteiger partial charge is 0.416 e. The molecule has 1 saturated heterocycles. The summed E-state index contributed by atoms with van der Waals surface area (Å²) in [6, 6.07) is 2.74. The van der Waals surface area contributed by atoms with Crippen molar-refractivity contribution in [1.82, 2.24) is 19.8 Å². The SMILES string of the molecule is C[C@@H](Nc1nc(Cl)nc2c1CN(C(=O)N1CCCOCC1)C2)c1cc(N)cc(C(F)(F)F)c1. The van der Waals surface area contributed by atoms with Gasteiger partial charge in [0.25, 0.3) is 0 Å². The standard InChI is InChI=1S/C21H24ClF3N6O2/c1-12(13-7-14(21(23,24)25)9-15(26)8-13)27-18-16-10-31(11-17(16)28-19(22)29-18)20(32)30-3-2-5-33-6-4-30/h7-9,12H,2-6,10-11,26H2,1H3,(H,27,28,29)/t12-/m1/s1. The number of rotatable bonds is 3. The number of nitrogens with one attached hydrogen (secondary N) is 1. The third-order valence-corrected chi connectivity index (χ3v) is 5.85. The fraction of sp³-hybridized carbons (Fsp3) is 0.476. The van der Waals surface area contributed by atoms with Gasteiger partial charge in [-0.2, -0.15) is 13.2 Å². The number of nitrogens with two attached hydrogens (primary N) is 1. The molecule has 1 atom stereocenters. The number of benzene rings is 1. The predicted octanol–water partition coefficient (Wildman–Crippen LogP) is 4.06. The van der Waals surface area contributed by atoms with Crippen LogP contribution in [0.2, 0.25) is 5.28 Å². The summed E-state index contributed by atoms with van der Waals surface area (Å²) in [7, 11) is 0. The van der Waals surface area contributed by atoms with Gasteiger partial charge in [-0.25, -0.2) is 14.8 Å². The molecule has 1 aromatic carbocycles. The lowest BCUT2D eigenvalue weighted by Gasteiger charge is -2.26. The van der Waals surface area contributed by atoms with Crippen molar-refractivity contribution in [3.05, 3.63) is 45.9 Å². The summed E-state index contributed by atoms with van der Waals surface area (Å²) in [5.74, 6) is 0.378. The molecule has 0 saturated carbocycles. The Morgan fingerprint density at radius 1 is 1.18 bits per heavy atom. The molecule has 1 fully saturated rings. The lowest BCUT2D eigenvalue weighted by atomic mass is 10.0. The van der Waals surface area contributed by atoms with Crippen LogP contribution in [-0.2, 0) is 24.0 Å². The lowest BCUT2D eigenvalue weighted by Crippen LogP contribution is -2.41. The number of anilines is 2. The first kappa shape index (κ1) is 23.4. The lowest BCUT2D eigenvalue weighted by molar-refractivity contribution is -0.137. The molecule has 0 bridgehead atoms. The molecule has 0 spiro atoms. The molecule has 4 rings (SSSR count). The van der Waals surface area contributed by atoms with Crippen molar-refractivity contribution in [3.63, 3.8) is 0 Å².